The maximum Gasteiger partial charge on any atom is 0.243 e. The van der Waals surface area contributed by atoms with Crippen LogP contribution in [0.3, 0.4) is 0 Å². The Kier molecular flexibility index (Phi) is 4.42. The van der Waals surface area contributed by atoms with Crippen LogP contribution in [0, 0.1) is 5.92 Å². The molecule has 1 aromatic rings. The van der Waals surface area contributed by atoms with Crippen LogP contribution in [0.15, 0.2) is 23.1 Å². The van der Waals surface area contributed by atoms with E-state index >= 15 is 0 Å². The SMILES string of the molecule is CC(N)C1CCN(S(=O)(=O)c2cc(Cl)cc(Cl)c2)C1. The van der Waals surface area contributed by atoms with Gasteiger partial charge < -0.3 is 5.73 Å². The van der Waals surface area contributed by atoms with Crippen molar-refractivity contribution >= 4 is 33.2 Å². The molecule has 2 unspecified atom stereocenters. The van der Waals surface area contributed by atoms with E-state index in [-0.39, 0.29) is 16.9 Å². The van der Waals surface area contributed by atoms with Crippen LogP contribution in [0.5, 0.6) is 0 Å². The van der Waals surface area contributed by atoms with Crippen molar-refractivity contribution in [2.24, 2.45) is 11.7 Å². The first-order chi connectivity index (χ1) is 8.80. The number of hydrogen-bond donors (Lipinski definition) is 1. The molecule has 106 valence electrons. The average molecular weight is 323 g/mol. The van der Waals surface area contributed by atoms with E-state index in [2.05, 4.69) is 0 Å². The van der Waals surface area contributed by atoms with Crippen molar-refractivity contribution in [3.63, 3.8) is 0 Å². The Morgan fingerprint density at radius 3 is 2.37 bits per heavy atom. The third kappa shape index (κ3) is 3.23. The standard InChI is InChI=1S/C12H16Cl2N2O2S/c1-8(15)9-2-3-16(7-9)19(17,18)12-5-10(13)4-11(14)6-12/h4-6,8-9H,2-3,7,15H2,1H3. The Morgan fingerprint density at radius 1 is 1.32 bits per heavy atom. The second-order valence-corrected chi connectivity index (χ2v) is 7.69. The van der Waals surface area contributed by atoms with E-state index in [1.54, 1.807) is 0 Å². The lowest BCUT2D eigenvalue weighted by Gasteiger charge is -2.18. The van der Waals surface area contributed by atoms with Crippen LogP contribution >= 0.6 is 23.2 Å². The molecule has 1 aliphatic rings. The Bertz CT molecular complexity index is 555. The lowest BCUT2D eigenvalue weighted by Crippen LogP contribution is -2.33. The molecule has 0 radical (unpaired) electrons. The highest BCUT2D eigenvalue weighted by atomic mass is 35.5. The number of nitrogens with zero attached hydrogens (tertiary/aromatic N) is 1. The summed E-state index contributed by atoms with van der Waals surface area (Å²) in [5.41, 5.74) is 5.83. The summed E-state index contributed by atoms with van der Waals surface area (Å²) in [4.78, 5) is 0.135. The normalized spacial score (nSPS) is 22.6. The minimum absolute atomic E-state index is 0.0110. The van der Waals surface area contributed by atoms with E-state index in [1.807, 2.05) is 6.92 Å². The molecule has 19 heavy (non-hydrogen) atoms. The van der Waals surface area contributed by atoms with Crippen LogP contribution in [0.2, 0.25) is 10.0 Å². The molecular formula is C12H16Cl2N2O2S. The molecule has 1 fully saturated rings. The van der Waals surface area contributed by atoms with Gasteiger partial charge in [-0.2, -0.15) is 4.31 Å². The molecule has 0 spiro atoms. The van der Waals surface area contributed by atoms with Crippen molar-refractivity contribution < 1.29 is 8.42 Å². The fraction of sp³-hybridized carbons (Fsp3) is 0.500. The monoisotopic (exact) mass is 322 g/mol. The third-order valence-corrected chi connectivity index (χ3v) is 5.68. The zero-order valence-corrected chi connectivity index (χ0v) is 12.8. The van der Waals surface area contributed by atoms with Gasteiger partial charge in [0, 0.05) is 29.2 Å². The second-order valence-electron chi connectivity index (χ2n) is 4.88. The molecule has 0 saturated carbocycles. The van der Waals surface area contributed by atoms with Crippen LogP contribution in [-0.4, -0.2) is 31.9 Å². The van der Waals surface area contributed by atoms with E-state index in [0.29, 0.717) is 23.1 Å². The van der Waals surface area contributed by atoms with Gasteiger partial charge in [-0.25, -0.2) is 8.42 Å². The van der Waals surface area contributed by atoms with Gasteiger partial charge in [0.2, 0.25) is 10.0 Å². The van der Waals surface area contributed by atoms with Gasteiger partial charge in [-0.05, 0) is 37.5 Å². The highest BCUT2D eigenvalue weighted by molar-refractivity contribution is 7.89. The molecule has 1 aromatic carbocycles. The maximum atomic E-state index is 12.5. The van der Waals surface area contributed by atoms with Gasteiger partial charge in [0.15, 0.2) is 0 Å². The highest BCUT2D eigenvalue weighted by Gasteiger charge is 2.34. The molecule has 2 N–H and O–H groups in total. The maximum absolute atomic E-state index is 12.5. The minimum Gasteiger partial charge on any atom is -0.328 e. The van der Waals surface area contributed by atoms with Gasteiger partial charge in [-0.3, -0.25) is 0 Å². The Hall–Kier alpha value is -0.330. The molecule has 0 aromatic heterocycles. The molecule has 2 atom stereocenters. The number of benzene rings is 1. The van der Waals surface area contributed by atoms with Crippen LogP contribution in [0.25, 0.3) is 0 Å². The zero-order chi connectivity index (χ0) is 14.2. The molecule has 0 bridgehead atoms. The summed E-state index contributed by atoms with van der Waals surface area (Å²) in [7, 11) is -3.54. The highest BCUT2D eigenvalue weighted by Crippen LogP contribution is 2.29. The summed E-state index contributed by atoms with van der Waals surface area (Å²) >= 11 is 11.7. The molecular weight excluding hydrogens is 307 g/mol. The number of sulfonamides is 1. The average Bonchev–Trinajstić information content (AvgIpc) is 2.77. The number of hydrogen-bond acceptors (Lipinski definition) is 3. The molecule has 2 rings (SSSR count). The van der Waals surface area contributed by atoms with Gasteiger partial charge >= 0.3 is 0 Å². The third-order valence-electron chi connectivity index (χ3n) is 3.40. The van der Waals surface area contributed by atoms with Crippen LogP contribution in [0.4, 0.5) is 0 Å². The van der Waals surface area contributed by atoms with Crippen molar-refractivity contribution in [1.29, 1.82) is 0 Å². The largest absolute Gasteiger partial charge is 0.328 e. The van der Waals surface area contributed by atoms with Gasteiger partial charge in [0.1, 0.15) is 0 Å². The summed E-state index contributed by atoms with van der Waals surface area (Å²) in [6.07, 6.45) is 0.783. The first kappa shape index (κ1) is 15.1. The lowest BCUT2D eigenvalue weighted by atomic mass is 10.0. The first-order valence-corrected chi connectivity index (χ1v) is 8.22. The van der Waals surface area contributed by atoms with Gasteiger partial charge in [0.05, 0.1) is 4.90 Å². The summed E-state index contributed by atoms with van der Waals surface area (Å²) < 4.78 is 26.4. The van der Waals surface area contributed by atoms with Crippen molar-refractivity contribution in [2.75, 3.05) is 13.1 Å². The Labute approximate surface area is 123 Å². The predicted molar refractivity (Wildman–Crippen MR) is 77.0 cm³/mol. The van der Waals surface area contributed by atoms with Crippen molar-refractivity contribution in [3.05, 3.63) is 28.2 Å². The minimum atomic E-state index is -3.54. The molecule has 1 heterocycles. The van der Waals surface area contributed by atoms with Gasteiger partial charge in [-0.15, -0.1) is 0 Å². The summed E-state index contributed by atoms with van der Waals surface area (Å²) in [5.74, 6) is 0.199. The van der Waals surface area contributed by atoms with E-state index in [4.69, 9.17) is 28.9 Å². The number of rotatable bonds is 3. The smallest absolute Gasteiger partial charge is 0.243 e. The van der Waals surface area contributed by atoms with Crippen molar-refractivity contribution in [1.82, 2.24) is 4.31 Å². The topological polar surface area (TPSA) is 63.4 Å². The summed E-state index contributed by atoms with van der Waals surface area (Å²) in [6.45, 7) is 2.83. The zero-order valence-electron chi connectivity index (χ0n) is 10.5. The fourth-order valence-electron chi connectivity index (χ4n) is 2.23. The predicted octanol–water partition coefficient (Wildman–Crippen LogP) is 2.35. The first-order valence-electron chi connectivity index (χ1n) is 6.02. The molecule has 1 aliphatic heterocycles. The van der Waals surface area contributed by atoms with E-state index in [0.717, 1.165) is 6.42 Å². The van der Waals surface area contributed by atoms with Crippen LogP contribution < -0.4 is 5.73 Å². The van der Waals surface area contributed by atoms with Gasteiger partial charge in [0.25, 0.3) is 0 Å². The van der Waals surface area contributed by atoms with Gasteiger partial charge in [-0.1, -0.05) is 23.2 Å². The lowest BCUT2D eigenvalue weighted by molar-refractivity contribution is 0.429. The molecule has 7 heteroatoms. The number of nitrogens with two attached hydrogens (primary N) is 1. The van der Waals surface area contributed by atoms with Crippen LogP contribution in [-0.2, 0) is 10.0 Å². The summed E-state index contributed by atoms with van der Waals surface area (Å²) in [5, 5.41) is 0.628. The van der Waals surface area contributed by atoms with Crippen LogP contribution in [0.1, 0.15) is 13.3 Å². The van der Waals surface area contributed by atoms with E-state index < -0.39 is 10.0 Å². The molecule has 0 amide bonds. The second kappa shape index (κ2) is 5.58. The fourth-order valence-corrected chi connectivity index (χ4v) is 4.47. The molecule has 4 nitrogen and oxygen atoms in total. The Morgan fingerprint density at radius 2 is 1.89 bits per heavy atom. The van der Waals surface area contributed by atoms with Crippen molar-refractivity contribution in [3.8, 4) is 0 Å². The quantitative estimate of drug-likeness (QED) is 0.929. The van der Waals surface area contributed by atoms with E-state index in [9.17, 15) is 8.42 Å². The molecule has 1 saturated heterocycles. The Balaban J connectivity index is 2.28. The number of halogens is 2. The summed E-state index contributed by atoms with van der Waals surface area (Å²) in [6, 6.07) is 4.34. The van der Waals surface area contributed by atoms with E-state index in [1.165, 1.54) is 22.5 Å². The molecule has 0 aliphatic carbocycles. The van der Waals surface area contributed by atoms with Crippen molar-refractivity contribution in [2.45, 2.75) is 24.3 Å².